The Bertz CT molecular complexity index is 413. The highest BCUT2D eigenvalue weighted by Crippen LogP contribution is 2.07. The molecule has 0 aliphatic carbocycles. The zero-order valence-electron chi connectivity index (χ0n) is 11.5. The molecule has 1 atom stereocenters. The van der Waals surface area contributed by atoms with E-state index < -0.39 is 0 Å². The van der Waals surface area contributed by atoms with Crippen LogP contribution in [0.2, 0.25) is 0 Å². The van der Waals surface area contributed by atoms with Crippen LogP contribution in [0.5, 0.6) is 0 Å². The van der Waals surface area contributed by atoms with Crippen LogP contribution in [0.4, 0.5) is 11.8 Å². The molecular formula is C12H21N5O. The molecule has 6 heteroatoms. The average Bonchev–Trinajstić information content (AvgIpc) is 2.27. The van der Waals surface area contributed by atoms with Gasteiger partial charge >= 0.3 is 0 Å². The molecule has 0 radical (unpaired) electrons. The van der Waals surface area contributed by atoms with Gasteiger partial charge in [-0.1, -0.05) is 0 Å². The van der Waals surface area contributed by atoms with Crippen molar-refractivity contribution in [1.29, 1.82) is 0 Å². The number of carbonyl (C=O) groups is 1. The summed E-state index contributed by atoms with van der Waals surface area (Å²) in [5.41, 5.74) is -0.241. The second kappa shape index (κ2) is 5.66. The van der Waals surface area contributed by atoms with Crippen LogP contribution in [-0.2, 0) is 4.79 Å². The zero-order chi connectivity index (χ0) is 13.8. The molecule has 1 aromatic heterocycles. The standard InChI is InChI=1S/C12H21N5O/c1-8(10(18)17-12(2,3)4)15-9-6-7-14-11(13-5)16-9/h6-8H,1-5H3,(H,17,18)(H2,13,14,15,16). The number of aromatic nitrogens is 2. The first-order valence-corrected chi connectivity index (χ1v) is 5.91. The maximum atomic E-state index is 11.9. The van der Waals surface area contributed by atoms with Gasteiger partial charge in [0, 0.05) is 18.8 Å². The van der Waals surface area contributed by atoms with E-state index in [9.17, 15) is 4.79 Å². The fourth-order valence-electron chi connectivity index (χ4n) is 1.32. The molecule has 0 aromatic carbocycles. The van der Waals surface area contributed by atoms with Crippen molar-refractivity contribution < 1.29 is 4.79 Å². The number of nitrogens with zero attached hydrogens (tertiary/aromatic N) is 2. The number of nitrogens with one attached hydrogen (secondary N) is 3. The summed E-state index contributed by atoms with van der Waals surface area (Å²) in [4.78, 5) is 20.1. The molecule has 0 saturated carbocycles. The third-order valence-corrected chi connectivity index (χ3v) is 2.14. The summed E-state index contributed by atoms with van der Waals surface area (Å²) in [6.45, 7) is 7.63. The van der Waals surface area contributed by atoms with Crippen molar-refractivity contribution in [2.24, 2.45) is 0 Å². The molecule has 1 heterocycles. The summed E-state index contributed by atoms with van der Waals surface area (Å²) in [7, 11) is 1.74. The van der Waals surface area contributed by atoms with Gasteiger partial charge in [-0.25, -0.2) is 4.98 Å². The smallest absolute Gasteiger partial charge is 0.242 e. The van der Waals surface area contributed by atoms with E-state index in [1.165, 1.54) is 0 Å². The minimum atomic E-state index is -0.358. The topological polar surface area (TPSA) is 78.9 Å². The summed E-state index contributed by atoms with van der Waals surface area (Å²) >= 11 is 0. The molecule has 1 unspecified atom stereocenters. The molecule has 1 aromatic rings. The molecule has 0 bridgehead atoms. The Kier molecular flexibility index (Phi) is 4.47. The SMILES string of the molecule is CNc1nccc(NC(C)C(=O)NC(C)(C)C)n1. The fourth-order valence-corrected chi connectivity index (χ4v) is 1.32. The minimum Gasteiger partial charge on any atom is -0.358 e. The summed E-state index contributed by atoms with van der Waals surface area (Å²) in [5.74, 6) is 1.07. The van der Waals surface area contributed by atoms with Gasteiger partial charge in [-0.2, -0.15) is 4.98 Å². The monoisotopic (exact) mass is 251 g/mol. The molecule has 3 N–H and O–H groups in total. The van der Waals surface area contributed by atoms with E-state index in [4.69, 9.17) is 0 Å². The third kappa shape index (κ3) is 4.57. The lowest BCUT2D eigenvalue weighted by atomic mass is 10.1. The van der Waals surface area contributed by atoms with Gasteiger partial charge in [0.05, 0.1) is 0 Å². The number of hydrogen-bond donors (Lipinski definition) is 3. The van der Waals surface area contributed by atoms with Gasteiger partial charge < -0.3 is 16.0 Å². The van der Waals surface area contributed by atoms with Crippen molar-refractivity contribution in [3.05, 3.63) is 12.3 Å². The number of amides is 1. The molecule has 0 aliphatic heterocycles. The Balaban J connectivity index is 2.63. The van der Waals surface area contributed by atoms with Crippen LogP contribution in [0.3, 0.4) is 0 Å². The van der Waals surface area contributed by atoms with Crippen LogP contribution in [0.15, 0.2) is 12.3 Å². The van der Waals surface area contributed by atoms with Crippen molar-refractivity contribution in [1.82, 2.24) is 15.3 Å². The molecule has 0 fully saturated rings. The Hall–Kier alpha value is -1.85. The molecule has 6 nitrogen and oxygen atoms in total. The maximum absolute atomic E-state index is 11.9. The average molecular weight is 251 g/mol. The molecule has 0 saturated heterocycles. The molecule has 0 spiro atoms. The number of carbonyl (C=O) groups excluding carboxylic acids is 1. The first-order chi connectivity index (χ1) is 8.31. The highest BCUT2D eigenvalue weighted by Gasteiger charge is 2.19. The first-order valence-electron chi connectivity index (χ1n) is 5.91. The zero-order valence-corrected chi connectivity index (χ0v) is 11.5. The van der Waals surface area contributed by atoms with Crippen molar-refractivity contribution in [3.8, 4) is 0 Å². The van der Waals surface area contributed by atoms with Crippen LogP contribution < -0.4 is 16.0 Å². The van der Waals surface area contributed by atoms with Gasteiger partial charge in [0.25, 0.3) is 0 Å². The van der Waals surface area contributed by atoms with E-state index in [0.717, 1.165) is 0 Å². The summed E-state index contributed by atoms with van der Waals surface area (Å²) in [6, 6.07) is 1.37. The molecule has 1 amide bonds. The van der Waals surface area contributed by atoms with Crippen LogP contribution in [0.1, 0.15) is 27.7 Å². The Morgan fingerprint density at radius 2 is 2.06 bits per heavy atom. The summed E-state index contributed by atoms with van der Waals surface area (Å²) in [6.07, 6.45) is 1.63. The highest BCUT2D eigenvalue weighted by atomic mass is 16.2. The minimum absolute atomic E-state index is 0.0629. The summed E-state index contributed by atoms with van der Waals surface area (Å²) < 4.78 is 0. The van der Waals surface area contributed by atoms with Crippen molar-refractivity contribution in [2.45, 2.75) is 39.3 Å². The highest BCUT2D eigenvalue weighted by molar-refractivity contribution is 5.84. The fraction of sp³-hybridized carbons (Fsp3) is 0.583. The number of anilines is 2. The lowest BCUT2D eigenvalue weighted by Gasteiger charge is -2.23. The van der Waals surface area contributed by atoms with E-state index in [1.807, 2.05) is 20.8 Å². The first kappa shape index (κ1) is 14.2. The van der Waals surface area contributed by atoms with E-state index in [-0.39, 0.29) is 17.5 Å². The van der Waals surface area contributed by atoms with Crippen molar-refractivity contribution >= 4 is 17.7 Å². The van der Waals surface area contributed by atoms with Crippen LogP contribution in [-0.4, -0.2) is 34.5 Å². The quantitative estimate of drug-likeness (QED) is 0.750. The van der Waals surface area contributed by atoms with Gasteiger partial charge in [0.15, 0.2) is 0 Å². The number of rotatable bonds is 4. The van der Waals surface area contributed by atoms with E-state index in [0.29, 0.717) is 11.8 Å². The largest absolute Gasteiger partial charge is 0.358 e. The molecule has 18 heavy (non-hydrogen) atoms. The maximum Gasteiger partial charge on any atom is 0.242 e. The lowest BCUT2D eigenvalue weighted by Crippen LogP contribution is -2.47. The van der Waals surface area contributed by atoms with Crippen molar-refractivity contribution in [2.75, 3.05) is 17.7 Å². The van der Waals surface area contributed by atoms with E-state index >= 15 is 0 Å². The van der Waals surface area contributed by atoms with Gasteiger partial charge in [-0.15, -0.1) is 0 Å². The Morgan fingerprint density at radius 3 is 2.61 bits per heavy atom. The lowest BCUT2D eigenvalue weighted by molar-refractivity contribution is -0.122. The second-order valence-corrected chi connectivity index (χ2v) is 5.12. The Morgan fingerprint density at radius 1 is 1.39 bits per heavy atom. The normalized spacial score (nSPS) is 12.7. The third-order valence-electron chi connectivity index (χ3n) is 2.14. The van der Waals surface area contributed by atoms with Crippen LogP contribution in [0.25, 0.3) is 0 Å². The van der Waals surface area contributed by atoms with Gasteiger partial charge in [-0.05, 0) is 33.8 Å². The van der Waals surface area contributed by atoms with Gasteiger partial charge in [0.1, 0.15) is 11.9 Å². The molecule has 100 valence electrons. The van der Waals surface area contributed by atoms with Gasteiger partial charge in [0.2, 0.25) is 11.9 Å². The molecule has 0 aliphatic rings. The van der Waals surface area contributed by atoms with Gasteiger partial charge in [-0.3, -0.25) is 4.79 Å². The van der Waals surface area contributed by atoms with E-state index in [1.54, 1.807) is 26.2 Å². The van der Waals surface area contributed by atoms with E-state index in [2.05, 4.69) is 25.9 Å². The number of hydrogen-bond acceptors (Lipinski definition) is 5. The summed E-state index contributed by atoms with van der Waals surface area (Å²) in [5, 5.41) is 8.79. The predicted octanol–water partition coefficient (Wildman–Crippen LogP) is 1.23. The second-order valence-electron chi connectivity index (χ2n) is 5.12. The Labute approximate surface area is 108 Å². The van der Waals surface area contributed by atoms with Crippen LogP contribution in [0, 0.1) is 0 Å². The molecule has 1 rings (SSSR count). The van der Waals surface area contributed by atoms with Crippen molar-refractivity contribution in [3.63, 3.8) is 0 Å². The van der Waals surface area contributed by atoms with Crippen LogP contribution >= 0.6 is 0 Å². The predicted molar refractivity (Wildman–Crippen MR) is 72.6 cm³/mol. The molecular weight excluding hydrogens is 230 g/mol.